The Morgan fingerprint density at radius 3 is 3.11 bits per heavy atom. The monoisotopic (exact) mass is 283 g/mol. The summed E-state index contributed by atoms with van der Waals surface area (Å²) in [6, 6.07) is 8.14. The number of ether oxygens (including phenoxy) is 1. The molecule has 1 saturated heterocycles. The van der Waals surface area contributed by atoms with Gasteiger partial charge in [0.2, 0.25) is 0 Å². The fourth-order valence-electron chi connectivity index (χ4n) is 2.68. The second-order valence-electron chi connectivity index (χ2n) is 5.00. The van der Waals surface area contributed by atoms with Gasteiger partial charge in [0.15, 0.2) is 0 Å². The molecule has 0 amide bonds. The van der Waals surface area contributed by atoms with E-state index >= 15 is 0 Å². The SMILES string of the molecule is OCCCC1CCCN1CCOc1cccc(Cl)c1. The molecule has 1 unspecified atom stereocenters. The van der Waals surface area contributed by atoms with Gasteiger partial charge in [-0.15, -0.1) is 0 Å². The summed E-state index contributed by atoms with van der Waals surface area (Å²) in [6.45, 7) is 3.08. The average molecular weight is 284 g/mol. The number of aliphatic hydroxyl groups excluding tert-OH is 1. The molecule has 1 atom stereocenters. The topological polar surface area (TPSA) is 32.7 Å². The molecule has 1 N–H and O–H groups in total. The van der Waals surface area contributed by atoms with Gasteiger partial charge in [-0.3, -0.25) is 4.90 Å². The number of aliphatic hydroxyl groups is 1. The summed E-state index contributed by atoms with van der Waals surface area (Å²) in [7, 11) is 0. The molecule has 0 aliphatic carbocycles. The summed E-state index contributed by atoms with van der Waals surface area (Å²) >= 11 is 5.92. The molecule has 4 heteroatoms. The van der Waals surface area contributed by atoms with E-state index in [4.69, 9.17) is 21.4 Å². The van der Waals surface area contributed by atoms with Crippen molar-refractivity contribution in [2.45, 2.75) is 31.7 Å². The quantitative estimate of drug-likeness (QED) is 0.835. The number of hydrogen-bond acceptors (Lipinski definition) is 3. The van der Waals surface area contributed by atoms with E-state index in [9.17, 15) is 0 Å². The molecule has 0 aromatic heterocycles. The van der Waals surface area contributed by atoms with E-state index in [1.165, 1.54) is 12.8 Å². The van der Waals surface area contributed by atoms with E-state index in [2.05, 4.69) is 4.90 Å². The molecule has 19 heavy (non-hydrogen) atoms. The Bertz CT molecular complexity index is 386. The van der Waals surface area contributed by atoms with Gasteiger partial charge in [-0.05, 0) is 50.4 Å². The standard InChI is InChI=1S/C15H22ClNO2/c16-13-4-1-7-15(12-13)19-11-9-17-8-2-5-14(17)6-3-10-18/h1,4,7,12,14,18H,2-3,5-6,8-11H2. The van der Waals surface area contributed by atoms with Crippen molar-refractivity contribution in [1.82, 2.24) is 4.90 Å². The molecule has 0 bridgehead atoms. The van der Waals surface area contributed by atoms with Crippen molar-refractivity contribution in [2.75, 3.05) is 26.3 Å². The Labute approximate surface area is 120 Å². The minimum absolute atomic E-state index is 0.295. The zero-order valence-electron chi connectivity index (χ0n) is 11.2. The van der Waals surface area contributed by atoms with Crippen LogP contribution in [0.2, 0.25) is 5.02 Å². The summed E-state index contributed by atoms with van der Waals surface area (Å²) in [5.41, 5.74) is 0. The summed E-state index contributed by atoms with van der Waals surface area (Å²) in [6.07, 6.45) is 4.49. The number of likely N-dealkylation sites (tertiary alicyclic amines) is 1. The number of hydrogen-bond donors (Lipinski definition) is 1. The number of nitrogens with zero attached hydrogens (tertiary/aromatic N) is 1. The second-order valence-corrected chi connectivity index (χ2v) is 5.44. The first kappa shape index (κ1) is 14.6. The molecule has 1 aliphatic rings. The van der Waals surface area contributed by atoms with Crippen LogP contribution in [0.25, 0.3) is 0 Å². The normalized spacial score (nSPS) is 19.8. The number of halogens is 1. The van der Waals surface area contributed by atoms with Crippen LogP contribution in [-0.2, 0) is 0 Å². The van der Waals surface area contributed by atoms with Crippen molar-refractivity contribution in [3.63, 3.8) is 0 Å². The van der Waals surface area contributed by atoms with Gasteiger partial charge >= 0.3 is 0 Å². The van der Waals surface area contributed by atoms with Crippen LogP contribution in [0.15, 0.2) is 24.3 Å². The third kappa shape index (κ3) is 4.68. The van der Waals surface area contributed by atoms with E-state index < -0.39 is 0 Å². The lowest BCUT2D eigenvalue weighted by molar-refractivity contribution is 0.180. The lowest BCUT2D eigenvalue weighted by atomic mass is 10.1. The van der Waals surface area contributed by atoms with Crippen molar-refractivity contribution in [3.05, 3.63) is 29.3 Å². The molecule has 0 saturated carbocycles. The lowest BCUT2D eigenvalue weighted by Gasteiger charge is -2.24. The molecule has 3 nitrogen and oxygen atoms in total. The smallest absolute Gasteiger partial charge is 0.120 e. The maximum absolute atomic E-state index is 8.91. The van der Waals surface area contributed by atoms with Crippen LogP contribution in [0.4, 0.5) is 0 Å². The van der Waals surface area contributed by atoms with Gasteiger partial charge in [0.1, 0.15) is 12.4 Å². The predicted octanol–water partition coefficient (Wildman–Crippen LogP) is 2.96. The Kier molecular flexibility index (Phi) is 5.95. The van der Waals surface area contributed by atoms with Crippen LogP contribution in [0.3, 0.4) is 0 Å². The van der Waals surface area contributed by atoms with Gasteiger partial charge in [-0.1, -0.05) is 17.7 Å². The molecule has 1 heterocycles. The maximum atomic E-state index is 8.91. The van der Waals surface area contributed by atoms with E-state index in [1.54, 1.807) is 0 Å². The summed E-state index contributed by atoms with van der Waals surface area (Å²) < 4.78 is 5.73. The summed E-state index contributed by atoms with van der Waals surface area (Å²) in [5.74, 6) is 0.832. The van der Waals surface area contributed by atoms with Crippen LogP contribution in [0.1, 0.15) is 25.7 Å². The Morgan fingerprint density at radius 1 is 1.42 bits per heavy atom. The second kappa shape index (κ2) is 7.73. The zero-order valence-corrected chi connectivity index (χ0v) is 12.0. The van der Waals surface area contributed by atoms with Crippen LogP contribution in [0, 0.1) is 0 Å². The lowest BCUT2D eigenvalue weighted by Crippen LogP contribution is -2.33. The number of rotatable bonds is 7. The molecule has 0 spiro atoms. The van der Waals surface area contributed by atoms with Gasteiger partial charge < -0.3 is 9.84 Å². The first-order valence-corrected chi connectivity index (χ1v) is 7.40. The number of benzene rings is 1. The van der Waals surface area contributed by atoms with Crippen LogP contribution in [0.5, 0.6) is 5.75 Å². The first-order chi connectivity index (χ1) is 9.29. The van der Waals surface area contributed by atoms with Crippen LogP contribution in [-0.4, -0.2) is 42.4 Å². The van der Waals surface area contributed by atoms with E-state index in [0.717, 1.165) is 31.7 Å². The molecule has 1 aliphatic heterocycles. The Hall–Kier alpha value is -0.770. The zero-order chi connectivity index (χ0) is 13.5. The predicted molar refractivity (Wildman–Crippen MR) is 77.9 cm³/mol. The highest BCUT2D eigenvalue weighted by Gasteiger charge is 2.23. The van der Waals surface area contributed by atoms with Crippen molar-refractivity contribution in [2.24, 2.45) is 0 Å². The molecule has 0 radical (unpaired) electrons. The van der Waals surface area contributed by atoms with Gasteiger partial charge in [-0.25, -0.2) is 0 Å². The molecular weight excluding hydrogens is 262 g/mol. The van der Waals surface area contributed by atoms with Crippen molar-refractivity contribution in [1.29, 1.82) is 0 Å². The van der Waals surface area contributed by atoms with Crippen molar-refractivity contribution < 1.29 is 9.84 Å². The maximum Gasteiger partial charge on any atom is 0.120 e. The fourth-order valence-corrected chi connectivity index (χ4v) is 2.86. The molecule has 2 rings (SSSR count). The molecule has 1 fully saturated rings. The Morgan fingerprint density at radius 2 is 2.32 bits per heavy atom. The molecule has 1 aromatic carbocycles. The molecule has 1 aromatic rings. The van der Waals surface area contributed by atoms with E-state index in [1.807, 2.05) is 24.3 Å². The largest absolute Gasteiger partial charge is 0.492 e. The van der Waals surface area contributed by atoms with Crippen molar-refractivity contribution >= 4 is 11.6 Å². The molecular formula is C15H22ClNO2. The first-order valence-electron chi connectivity index (χ1n) is 7.03. The van der Waals surface area contributed by atoms with Gasteiger partial charge in [0.25, 0.3) is 0 Å². The fraction of sp³-hybridized carbons (Fsp3) is 0.600. The minimum atomic E-state index is 0.295. The minimum Gasteiger partial charge on any atom is -0.492 e. The highest BCUT2D eigenvalue weighted by molar-refractivity contribution is 6.30. The highest BCUT2D eigenvalue weighted by Crippen LogP contribution is 2.21. The van der Waals surface area contributed by atoms with Gasteiger partial charge in [0, 0.05) is 24.2 Å². The summed E-state index contributed by atoms with van der Waals surface area (Å²) in [5, 5.41) is 9.62. The summed E-state index contributed by atoms with van der Waals surface area (Å²) in [4.78, 5) is 2.47. The van der Waals surface area contributed by atoms with Gasteiger partial charge in [0.05, 0.1) is 0 Å². The highest BCUT2D eigenvalue weighted by atomic mass is 35.5. The van der Waals surface area contributed by atoms with E-state index in [-0.39, 0.29) is 0 Å². The Balaban J connectivity index is 1.72. The van der Waals surface area contributed by atoms with Crippen LogP contribution < -0.4 is 4.74 Å². The van der Waals surface area contributed by atoms with E-state index in [0.29, 0.717) is 24.3 Å². The van der Waals surface area contributed by atoms with Crippen molar-refractivity contribution in [3.8, 4) is 5.75 Å². The third-order valence-corrected chi connectivity index (χ3v) is 3.87. The van der Waals surface area contributed by atoms with Crippen LogP contribution >= 0.6 is 11.6 Å². The average Bonchev–Trinajstić information content (AvgIpc) is 2.84. The van der Waals surface area contributed by atoms with Gasteiger partial charge in [-0.2, -0.15) is 0 Å². The molecule has 106 valence electrons. The third-order valence-electron chi connectivity index (χ3n) is 3.64.